The first-order valence-electron chi connectivity index (χ1n) is 8.61. The molecule has 1 aromatic rings. The Morgan fingerprint density at radius 3 is 2.48 bits per heavy atom. The van der Waals surface area contributed by atoms with E-state index in [0.717, 1.165) is 12.5 Å². The summed E-state index contributed by atoms with van der Waals surface area (Å²) in [7, 11) is 0. The van der Waals surface area contributed by atoms with Crippen LogP contribution in [0.5, 0.6) is 0 Å². The van der Waals surface area contributed by atoms with Crippen LogP contribution < -0.4 is 5.32 Å². The van der Waals surface area contributed by atoms with Gasteiger partial charge in [-0.1, -0.05) is 74.5 Å². The minimum absolute atomic E-state index is 0.474. The van der Waals surface area contributed by atoms with E-state index in [4.69, 9.17) is 0 Å². The summed E-state index contributed by atoms with van der Waals surface area (Å²) in [5.41, 5.74) is 2.74. The van der Waals surface area contributed by atoms with Crippen LogP contribution in [0.2, 0.25) is 0 Å². The van der Waals surface area contributed by atoms with Crippen LogP contribution in [0.25, 0.3) is 0 Å². The van der Waals surface area contributed by atoms with Crippen LogP contribution in [-0.2, 0) is 0 Å². The van der Waals surface area contributed by atoms with Gasteiger partial charge in [-0.25, -0.2) is 0 Å². The van der Waals surface area contributed by atoms with Gasteiger partial charge in [0.1, 0.15) is 0 Å². The summed E-state index contributed by atoms with van der Waals surface area (Å²) in [4.78, 5) is 0. The van der Waals surface area contributed by atoms with Crippen LogP contribution in [0.4, 0.5) is 0 Å². The Hall–Kier alpha value is -0.340. The van der Waals surface area contributed by atoms with Gasteiger partial charge in [-0.3, -0.25) is 0 Å². The van der Waals surface area contributed by atoms with Crippen molar-refractivity contribution in [3.05, 3.63) is 33.8 Å². The van der Waals surface area contributed by atoms with Crippen molar-refractivity contribution in [1.29, 1.82) is 0 Å². The maximum Gasteiger partial charge on any atom is 0.0334 e. The number of halogens is 1. The zero-order valence-electron chi connectivity index (χ0n) is 14.2. The lowest BCUT2D eigenvalue weighted by Crippen LogP contribution is -2.25. The molecule has 2 heteroatoms. The van der Waals surface area contributed by atoms with Crippen molar-refractivity contribution in [3.8, 4) is 0 Å². The van der Waals surface area contributed by atoms with Crippen molar-refractivity contribution < 1.29 is 0 Å². The van der Waals surface area contributed by atoms with E-state index in [-0.39, 0.29) is 0 Å². The maximum absolute atomic E-state index is 3.76. The topological polar surface area (TPSA) is 12.0 Å². The van der Waals surface area contributed by atoms with Crippen molar-refractivity contribution in [2.24, 2.45) is 5.92 Å². The Kier molecular flexibility index (Phi) is 9.26. The molecule has 1 nitrogen and oxygen atoms in total. The van der Waals surface area contributed by atoms with Gasteiger partial charge in [0.25, 0.3) is 0 Å². The summed E-state index contributed by atoms with van der Waals surface area (Å²) in [6, 6.07) is 7.23. The van der Waals surface area contributed by atoms with Gasteiger partial charge in [0.15, 0.2) is 0 Å². The Balaban J connectivity index is 2.83. The third-order valence-electron chi connectivity index (χ3n) is 4.28. The van der Waals surface area contributed by atoms with Crippen molar-refractivity contribution in [2.45, 2.75) is 72.3 Å². The molecule has 0 radical (unpaired) electrons. The van der Waals surface area contributed by atoms with Crippen LogP contribution >= 0.6 is 15.9 Å². The highest BCUT2D eigenvalue weighted by atomic mass is 79.9. The van der Waals surface area contributed by atoms with Gasteiger partial charge >= 0.3 is 0 Å². The van der Waals surface area contributed by atoms with Gasteiger partial charge in [0.2, 0.25) is 0 Å². The molecule has 0 aliphatic rings. The summed E-state index contributed by atoms with van der Waals surface area (Å²) in [6.45, 7) is 10.1. The molecule has 0 fully saturated rings. The van der Waals surface area contributed by atoms with Crippen LogP contribution in [0.1, 0.15) is 76.5 Å². The molecule has 21 heavy (non-hydrogen) atoms. The number of aryl methyl sites for hydroxylation is 1. The molecule has 1 rings (SSSR count). The predicted octanol–water partition coefficient (Wildman–Crippen LogP) is 6.40. The van der Waals surface area contributed by atoms with Gasteiger partial charge in [0.05, 0.1) is 0 Å². The molecule has 0 amide bonds. The van der Waals surface area contributed by atoms with E-state index in [2.05, 4.69) is 67.1 Å². The molecule has 0 bridgehead atoms. The molecule has 0 saturated carbocycles. The summed E-state index contributed by atoms with van der Waals surface area (Å²) >= 11 is 3.76. The number of benzene rings is 1. The predicted molar refractivity (Wildman–Crippen MR) is 97.8 cm³/mol. The molecule has 0 aliphatic carbocycles. The first-order valence-corrected chi connectivity index (χ1v) is 9.41. The smallest absolute Gasteiger partial charge is 0.0334 e. The summed E-state index contributed by atoms with van der Waals surface area (Å²) in [5.74, 6) is 0.826. The molecular weight excluding hydrogens is 322 g/mol. The third kappa shape index (κ3) is 6.52. The second kappa shape index (κ2) is 10.4. The van der Waals surface area contributed by atoms with Crippen LogP contribution in [0.3, 0.4) is 0 Å². The highest BCUT2D eigenvalue weighted by molar-refractivity contribution is 9.10. The Labute approximate surface area is 140 Å². The van der Waals surface area contributed by atoms with Crippen molar-refractivity contribution >= 4 is 15.9 Å². The Morgan fingerprint density at radius 2 is 1.90 bits per heavy atom. The first-order chi connectivity index (χ1) is 10.1. The maximum atomic E-state index is 3.76. The Morgan fingerprint density at radius 1 is 1.14 bits per heavy atom. The van der Waals surface area contributed by atoms with Gasteiger partial charge in [-0.2, -0.15) is 0 Å². The standard InChI is InChI=1S/C19H32BrN/c1-5-8-9-16(7-3)14-19(21-12-6-2)17-11-10-15(4)13-18(17)20/h10-11,13,16,19,21H,5-9,12,14H2,1-4H3. The fourth-order valence-corrected chi connectivity index (χ4v) is 3.64. The lowest BCUT2D eigenvalue weighted by molar-refractivity contribution is 0.353. The average molecular weight is 354 g/mol. The molecule has 0 spiro atoms. The van der Waals surface area contributed by atoms with E-state index < -0.39 is 0 Å². The number of hydrogen-bond acceptors (Lipinski definition) is 1. The molecule has 0 aromatic heterocycles. The van der Waals surface area contributed by atoms with Gasteiger partial charge in [-0.15, -0.1) is 0 Å². The molecule has 0 aliphatic heterocycles. The summed E-state index contributed by atoms with van der Waals surface area (Å²) < 4.78 is 1.25. The highest BCUT2D eigenvalue weighted by Crippen LogP contribution is 2.31. The minimum Gasteiger partial charge on any atom is -0.310 e. The zero-order chi connectivity index (χ0) is 15.7. The molecule has 120 valence electrons. The van der Waals surface area contributed by atoms with E-state index in [1.165, 1.54) is 54.1 Å². The summed E-state index contributed by atoms with van der Waals surface area (Å²) in [6.07, 6.45) is 7.74. The fraction of sp³-hybridized carbons (Fsp3) is 0.684. The van der Waals surface area contributed by atoms with Gasteiger partial charge < -0.3 is 5.32 Å². The molecular formula is C19H32BrN. The number of unbranched alkanes of at least 4 members (excludes halogenated alkanes) is 1. The first kappa shape index (κ1) is 18.7. The molecule has 2 unspecified atom stereocenters. The largest absolute Gasteiger partial charge is 0.310 e. The highest BCUT2D eigenvalue weighted by Gasteiger charge is 2.18. The van der Waals surface area contributed by atoms with Crippen LogP contribution in [0.15, 0.2) is 22.7 Å². The second-order valence-electron chi connectivity index (χ2n) is 6.18. The monoisotopic (exact) mass is 353 g/mol. The lowest BCUT2D eigenvalue weighted by Gasteiger charge is -2.25. The fourth-order valence-electron chi connectivity index (χ4n) is 2.87. The third-order valence-corrected chi connectivity index (χ3v) is 4.97. The minimum atomic E-state index is 0.474. The number of rotatable bonds is 10. The van der Waals surface area contributed by atoms with Crippen molar-refractivity contribution in [2.75, 3.05) is 6.54 Å². The van der Waals surface area contributed by atoms with Crippen molar-refractivity contribution in [1.82, 2.24) is 5.32 Å². The van der Waals surface area contributed by atoms with E-state index in [1.54, 1.807) is 0 Å². The molecule has 0 saturated heterocycles. The molecule has 1 N–H and O–H groups in total. The van der Waals surface area contributed by atoms with E-state index >= 15 is 0 Å². The molecule has 1 aromatic carbocycles. The van der Waals surface area contributed by atoms with Crippen LogP contribution in [0, 0.1) is 12.8 Å². The molecule has 0 heterocycles. The lowest BCUT2D eigenvalue weighted by atomic mass is 9.89. The quantitative estimate of drug-likeness (QED) is 0.512. The number of hydrogen-bond donors (Lipinski definition) is 1. The normalized spacial score (nSPS) is 14.1. The van der Waals surface area contributed by atoms with E-state index in [1.807, 2.05) is 0 Å². The van der Waals surface area contributed by atoms with E-state index in [9.17, 15) is 0 Å². The average Bonchev–Trinajstić information content (AvgIpc) is 2.47. The Bertz CT molecular complexity index is 403. The van der Waals surface area contributed by atoms with Crippen molar-refractivity contribution in [3.63, 3.8) is 0 Å². The van der Waals surface area contributed by atoms with Gasteiger partial charge in [-0.05, 0) is 49.4 Å². The summed E-state index contributed by atoms with van der Waals surface area (Å²) in [5, 5.41) is 3.76. The zero-order valence-corrected chi connectivity index (χ0v) is 15.8. The SMILES string of the molecule is CCCCC(CC)CC(NCCC)c1ccc(C)cc1Br. The molecule has 2 atom stereocenters. The number of nitrogens with one attached hydrogen (secondary N) is 1. The second-order valence-corrected chi connectivity index (χ2v) is 7.04. The van der Waals surface area contributed by atoms with E-state index in [0.29, 0.717) is 6.04 Å². The van der Waals surface area contributed by atoms with Crippen LogP contribution in [-0.4, -0.2) is 6.54 Å². The van der Waals surface area contributed by atoms with Gasteiger partial charge in [0, 0.05) is 10.5 Å².